The molecule has 6 rings (SSSR count). The van der Waals surface area contributed by atoms with Crippen LogP contribution >= 0.6 is 11.8 Å². The van der Waals surface area contributed by atoms with Crippen LogP contribution in [0.15, 0.2) is 115 Å². The fourth-order valence-electron chi connectivity index (χ4n) is 6.21. The lowest BCUT2D eigenvalue weighted by Crippen LogP contribution is -2.48. The molecule has 1 atom stereocenters. The normalized spacial score (nSPS) is 19.3. The Kier molecular flexibility index (Phi) is 6.47. The fraction of sp³-hybridized carbons (Fsp3) is 0.273. The van der Waals surface area contributed by atoms with E-state index in [9.17, 15) is 0 Å². The molecule has 0 aromatic heterocycles. The van der Waals surface area contributed by atoms with Gasteiger partial charge in [-0.05, 0) is 53.7 Å². The summed E-state index contributed by atoms with van der Waals surface area (Å²) in [5.41, 5.74) is 6.41. The largest absolute Gasteiger partial charge is 0.367 e. The lowest BCUT2D eigenvalue weighted by atomic mass is 9.82. The van der Waals surface area contributed by atoms with Crippen LogP contribution in [0.25, 0.3) is 0 Å². The lowest BCUT2D eigenvalue weighted by Gasteiger charge is -2.44. The number of thioether (sulfide) groups is 1. The Morgan fingerprint density at radius 1 is 0.750 bits per heavy atom. The Bertz CT molecular complexity index is 1240. The van der Waals surface area contributed by atoms with Crippen LogP contribution in [0.2, 0.25) is 0 Å². The molecule has 2 nitrogen and oxygen atoms in total. The van der Waals surface area contributed by atoms with E-state index in [1.54, 1.807) is 5.56 Å². The van der Waals surface area contributed by atoms with E-state index in [1.165, 1.54) is 22.3 Å². The van der Waals surface area contributed by atoms with Crippen molar-refractivity contribution in [1.82, 2.24) is 4.90 Å². The minimum atomic E-state index is -0.486. The molecule has 1 spiro atoms. The van der Waals surface area contributed by atoms with Gasteiger partial charge in [0, 0.05) is 18.4 Å². The van der Waals surface area contributed by atoms with Gasteiger partial charge in [0.15, 0.2) is 0 Å². The topological polar surface area (TPSA) is 12.5 Å². The van der Waals surface area contributed by atoms with E-state index in [2.05, 4.69) is 132 Å². The summed E-state index contributed by atoms with van der Waals surface area (Å²) >= 11 is 2.18. The second-order valence-corrected chi connectivity index (χ2v) is 11.5. The van der Waals surface area contributed by atoms with Crippen molar-refractivity contribution < 1.29 is 4.74 Å². The number of rotatable bonds is 6. The zero-order chi connectivity index (χ0) is 24.4. The first-order valence-electron chi connectivity index (χ1n) is 12.9. The van der Waals surface area contributed by atoms with Crippen LogP contribution in [-0.2, 0) is 15.1 Å². The van der Waals surface area contributed by atoms with E-state index < -0.39 is 5.60 Å². The molecule has 2 aliphatic heterocycles. The summed E-state index contributed by atoms with van der Waals surface area (Å²) in [6.07, 6.45) is 2.31. The maximum Gasteiger partial charge on any atom is 0.130 e. The molecular weight excluding hydrogens is 458 g/mol. The lowest BCUT2D eigenvalue weighted by molar-refractivity contribution is -0.0148. The Morgan fingerprint density at radius 3 is 1.86 bits per heavy atom. The van der Waals surface area contributed by atoms with Gasteiger partial charge in [0.1, 0.15) is 5.60 Å². The van der Waals surface area contributed by atoms with Gasteiger partial charge in [-0.3, -0.25) is 4.90 Å². The van der Waals surface area contributed by atoms with Crippen LogP contribution in [-0.4, -0.2) is 31.6 Å². The van der Waals surface area contributed by atoms with Crippen molar-refractivity contribution in [3.8, 4) is 0 Å². The Hall–Kier alpha value is -2.85. The molecule has 36 heavy (non-hydrogen) atoms. The Morgan fingerprint density at radius 2 is 1.28 bits per heavy atom. The molecule has 1 fully saturated rings. The average molecular weight is 492 g/mol. The highest BCUT2D eigenvalue weighted by molar-refractivity contribution is 8.01. The molecule has 4 aromatic carbocycles. The number of hydrogen-bond donors (Lipinski definition) is 0. The minimum absolute atomic E-state index is 0.183. The van der Waals surface area contributed by atoms with Crippen molar-refractivity contribution in [2.75, 3.05) is 26.7 Å². The Labute approximate surface area is 219 Å². The van der Waals surface area contributed by atoms with Gasteiger partial charge in [-0.25, -0.2) is 0 Å². The summed E-state index contributed by atoms with van der Waals surface area (Å²) in [7, 11) is 1.86. The number of methoxy groups -OCH3 is 1. The van der Waals surface area contributed by atoms with Crippen molar-refractivity contribution >= 4 is 11.8 Å². The molecule has 0 amide bonds. The molecule has 2 aliphatic rings. The van der Waals surface area contributed by atoms with E-state index in [4.69, 9.17) is 4.74 Å². The summed E-state index contributed by atoms with van der Waals surface area (Å²) in [6, 6.07) is 41.6. The van der Waals surface area contributed by atoms with Gasteiger partial charge in [-0.1, -0.05) is 115 Å². The van der Waals surface area contributed by atoms with E-state index in [0.29, 0.717) is 5.25 Å². The zero-order valence-electron chi connectivity index (χ0n) is 20.8. The monoisotopic (exact) mass is 491 g/mol. The van der Waals surface area contributed by atoms with Gasteiger partial charge in [0.2, 0.25) is 0 Å². The summed E-state index contributed by atoms with van der Waals surface area (Å²) < 4.78 is 6.60. The number of benzene rings is 4. The van der Waals surface area contributed by atoms with Crippen LogP contribution in [0.4, 0.5) is 0 Å². The maximum atomic E-state index is 6.41. The van der Waals surface area contributed by atoms with Gasteiger partial charge >= 0.3 is 0 Å². The van der Waals surface area contributed by atoms with Gasteiger partial charge in [0.05, 0.1) is 5.25 Å². The highest BCUT2D eigenvalue weighted by atomic mass is 32.2. The first-order chi connectivity index (χ1) is 17.7. The molecule has 2 heterocycles. The maximum absolute atomic E-state index is 6.41. The molecule has 0 bridgehead atoms. The van der Waals surface area contributed by atoms with Crippen molar-refractivity contribution in [2.45, 2.75) is 28.4 Å². The van der Waals surface area contributed by atoms with Crippen LogP contribution < -0.4 is 0 Å². The van der Waals surface area contributed by atoms with Crippen molar-refractivity contribution in [3.63, 3.8) is 0 Å². The molecule has 0 saturated carbocycles. The second-order valence-electron chi connectivity index (χ2n) is 10.0. The number of nitrogens with zero attached hydrogens (tertiary/aromatic N) is 1. The molecule has 0 radical (unpaired) electrons. The third-order valence-corrected chi connectivity index (χ3v) is 9.96. The summed E-state index contributed by atoms with van der Waals surface area (Å²) in [4.78, 5) is 2.62. The number of hydrogen-bond acceptors (Lipinski definition) is 3. The minimum Gasteiger partial charge on any atom is -0.367 e. The molecule has 3 heteroatoms. The predicted molar refractivity (Wildman–Crippen MR) is 150 cm³/mol. The molecular formula is C33H33NOS. The van der Waals surface area contributed by atoms with Crippen molar-refractivity contribution in [3.05, 3.63) is 143 Å². The molecule has 4 aromatic rings. The smallest absolute Gasteiger partial charge is 0.130 e. The highest BCUT2D eigenvalue weighted by Gasteiger charge is 2.47. The number of piperidine rings is 1. The molecule has 0 aliphatic carbocycles. The summed E-state index contributed by atoms with van der Waals surface area (Å²) in [5.74, 6) is 0. The molecule has 1 unspecified atom stereocenters. The van der Waals surface area contributed by atoms with E-state index in [-0.39, 0.29) is 4.75 Å². The zero-order valence-corrected chi connectivity index (χ0v) is 21.7. The van der Waals surface area contributed by atoms with E-state index >= 15 is 0 Å². The highest BCUT2D eigenvalue weighted by Crippen LogP contribution is 2.61. The fourth-order valence-corrected chi connectivity index (χ4v) is 8.02. The third kappa shape index (κ3) is 4.10. The van der Waals surface area contributed by atoms with E-state index in [1.807, 2.05) is 7.11 Å². The van der Waals surface area contributed by atoms with Crippen LogP contribution in [0.1, 0.15) is 45.9 Å². The SMILES string of the molecule is COC(CN1CCC2(CC1)SC(c1ccccc1)c1ccccc12)(c1ccccc1)c1ccccc1. The first kappa shape index (κ1) is 23.5. The predicted octanol–water partition coefficient (Wildman–Crippen LogP) is 7.40. The van der Waals surface area contributed by atoms with Crippen LogP contribution in [0.5, 0.6) is 0 Å². The van der Waals surface area contributed by atoms with Gasteiger partial charge in [0.25, 0.3) is 0 Å². The molecule has 182 valence electrons. The third-order valence-electron chi connectivity index (χ3n) is 8.12. The van der Waals surface area contributed by atoms with Gasteiger partial charge in [-0.15, -0.1) is 11.8 Å². The van der Waals surface area contributed by atoms with E-state index in [0.717, 1.165) is 32.5 Å². The van der Waals surface area contributed by atoms with Crippen molar-refractivity contribution in [2.24, 2.45) is 0 Å². The summed E-state index contributed by atoms with van der Waals surface area (Å²) in [5, 5.41) is 0.417. The number of fused-ring (bicyclic) bond motifs is 2. The van der Waals surface area contributed by atoms with Gasteiger partial charge < -0.3 is 4.74 Å². The number of likely N-dealkylation sites (tertiary alicyclic amines) is 1. The van der Waals surface area contributed by atoms with Crippen LogP contribution in [0.3, 0.4) is 0 Å². The summed E-state index contributed by atoms with van der Waals surface area (Å²) in [6.45, 7) is 2.98. The van der Waals surface area contributed by atoms with Crippen molar-refractivity contribution in [1.29, 1.82) is 0 Å². The quantitative estimate of drug-likeness (QED) is 0.279. The van der Waals surface area contributed by atoms with Gasteiger partial charge in [-0.2, -0.15) is 0 Å². The standard InChI is InChI=1S/C33H33NOS/c1-35-33(27-15-7-3-8-16-27,28-17-9-4-10-18-28)25-34-23-21-32(22-24-34)30-20-12-11-19-29(30)31(36-32)26-13-5-2-6-14-26/h2-20,31H,21-25H2,1H3. The molecule has 0 N–H and O–H groups in total. The number of ether oxygens (including phenoxy) is 1. The first-order valence-corrected chi connectivity index (χ1v) is 13.8. The Balaban J connectivity index is 1.27. The molecule has 1 saturated heterocycles. The second kappa shape index (κ2) is 9.89. The van der Waals surface area contributed by atoms with Crippen LogP contribution in [0, 0.1) is 0 Å². The average Bonchev–Trinajstić information content (AvgIpc) is 3.28.